The molecule has 1 heterocycles. The standard InChI is InChI=1S/C15H17NO4/c1-16-9-11-5-3-4-6-13(11)19-10-12-7-8-14(20-12)15(17)18-2/h3-8,16H,9-10H2,1-2H3. The first-order chi connectivity index (χ1) is 9.74. The number of benzene rings is 1. The Bertz CT molecular complexity index is 577. The van der Waals surface area contributed by atoms with Crippen LogP contribution in [0.5, 0.6) is 5.75 Å². The van der Waals surface area contributed by atoms with Crippen LogP contribution in [0.4, 0.5) is 0 Å². The minimum Gasteiger partial charge on any atom is -0.485 e. The van der Waals surface area contributed by atoms with Crippen LogP contribution in [0.15, 0.2) is 40.8 Å². The molecular weight excluding hydrogens is 258 g/mol. The van der Waals surface area contributed by atoms with E-state index >= 15 is 0 Å². The molecule has 0 radical (unpaired) electrons. The maximum absolute atomic E-state index is 11.3. The van der Waals surface area contributed by atoms with Gasteiger partial charge >= 0.3 is 5.97 Å². The summed E-state index contributed by atoms with van der Waals surface area (Å²) < 4.78 is 15.6. The third-order valence-electron chi connectivity index (χ3n) is 2.76. The number of hydrogen-bond acceptors (Lipinski definition) is 5. The van der Waals surface area contributed by atoms with Crippen LogP contribution in [0.3, 0.4) is 0 Å². The molecule has 1 N–H and O–H groups in total. The lowest BCUT2D eigenvalue weighted by molar-refractivity contribution is 0.0561. The minimum atomic E-state index is -0.494. The molecule has 0 aliphatic rings. The summed E-state index contributed by atoms with van der Waals surface area (Å²) >= 11 is 0. The first-order valence-corrected chi connectivity index (χ1v) is 6.27. The second kappa shape index (κ2) is 6.77. The lowest BCUT2D eigenvalue weighted by atomic mass is 10.2. The SMILES string of the molecule is CNCc1ccccc1OCc1ccc(C(=O)OC)o1. The van der Waals surface area contributed by atoms with Gasteiger partial charge in [0.25, 0.3) is 0 Å². The van der Waals surface area contributed by atoms with Gasteiger partial charge in [-0.2, -0.15) is 0 Å². The van der Waals surface area contributed by atoms with Crippen LogP contribution in [0.2, 0.25) is 0 Å². The zero-order valence-electron chi connectivity index (χ0n) is 11.5. The van der Waals surface area contributed by atoms with Gasteiger partial charge in [0.05, 0.1) is 7.11 Å². The Morgan fingerprint density at radius 1 is 1.25 bits per heavy atom. The van der Waals surface area contributed by atoms with Gasteiger partial charge in [-0.1, -0.05) is 18.2 Å². The van der Waals surface area contributed by atoms with E-state index in [1.807, 2.05) is 31.3 Å². The maximum atomic E-state index is 11.3. The largest absolute Gasteiger partial charge is 0.485 e. The Balaban J connectivity index is 2.02. The predicted octanol–water partition coefficient (Wildman–Crippen LogP) is 2.36. The van der Waals surface area contributed by atoms with Crippen molar-refractivity contribution in [1.29, 1.82) is 0 Å². The molecule has 106 valence electrons. The Labute approximate surface area is 117 Å². The molecule has 5 heteroatoms. The number of para-hydroxylation sites is 1. The van der Waals surface area contributed by atoms with Crippen molar-refractivity contribution in [1.82, 2.24) is 5.32 Å². The summed E-state index contributed by atoms with van der Waals surface area (Å²) in [4.78, 5) is 11.3. The number of furan rings is 1. The minimum absolute atomic E-state index is 0.176. The first kappa shape index (κ1) is 14.1. The summed E-state index contributed by atoms with van der Waals surface area (Å²) in [6.45, 7) is 0.986. The second-order valence-electron chi connectivity index (χ2n) is 4.18. The van der Waals surface area contributed by atoms with Gasteiger partial charge in [-0.25, -0.2) is 4.79 Å². The smallest absolute Gasteiger partial charge is 0.373 e. The zero-order valence-corrected chi connectivity index (χ0v) is 11.5. The topological polar surface area (TPSA) is 60.7 Å². The van der Waals surface area contributed by atoms with Crippen LogP contribution >= 0.6 is 0 Å². The Morgan fingerprint density at radius 2 is 2.05 bits per heavy atom. The molecule has 1 aromatic heterocycles. The highest BCUT2D eigenvalue weighted by atomic mass is 16.5. The number of nitrogens with one attached hydrogen (secondary N) is 1. The molecule has 0 spiro atoms. The van der Waals surface area contributed by atoms with Crippen LogP contribution in [0.25, 0.3) is 0 Å². The normalized spacial score (nSPS) is 10.3. The van der Waals surface area contributed by atoms with E-state index in [1.54, 1.807) is 12.1 Å². The van der Waals surface area contributed by atoms with E-state index < -0.39 is 5.97 Å². The van der Waals surface area contributed by atoms with Gasteiger partial charge in [-0.05, 0) is 25.2 Å². The van der Waals surface area contributed by atoms with Crippen molar-refractivity contribution in [3.8, 4) is 5.75 Å². The van der Waals surface area contributed by atoms with Crippen molar-refractivity contribution >= 4 is 5.97 Å². The molecule has 2 rings (SSSR count). The van der Waals surface area contributed by atoms with E-state index in [0.29, 0.717) is 5.76 Å². The molecule has 0 amide bonds. The van der Waals surface area contributed by atoms with Crippen molar-refractivity contribution < 1.29 is 18.7 Å². The lowest BCUT2D eigenvalue weighted by Crippen LogP contribution is -2.07. The van der Waals surface area contributed by atoms with Crippen molar-refractivity contribution in [3.63, 3.8) is 0 Å². The molecule has 0 fully saturated rings. The van der Waals surface area contributed by atoms with Crippen molar-refractivity contribution in [3.05, 3.63) is 53.5 Å². The average molecular weight is 275 g/mol. The van der Waals surface area contributed by atoms with E-state index in [9.17, 15) is 4.79 Å². The molecule has 0 saturated carbocycles. The third kappa shape index (κ3) is 3.39. The summed E-state index contributed by atoms with van der Waals surface area (Å²) in [5.41, 5.74) is 1.06. The summed E-state index contributed by atoms with van der Waals surface area (Å²) in [6, 6.07) is 11.0. The summed E-state index contributed by atoms with van der Waals surface area (Å²) in [6.07, 6.45) is 0. The molecule has 2 aromatic rings. The monoisotopic (exact) mass is 275 g/mol. The van der Waals surface area contributed by atoms with Gasteiger partial charge in [0, 0.05) is 12.1 Å². The van der Waals surface area contributed by atoms with E-state index in [-0.39, 0.29) is 12.4 Å². The van der Waals surface area contributed by atoms with Crippen LogP contribution in [0.1, 0.15) is 21.9 Å². The highest BCUT2D eigenvalue weighted by Gasteiger charge is 2.11. The molecule has 1 aromatic carbocycles. The number of methoxy groups -OCH3 is 1. The number of rotatable bonds is 6. The molecule has 0 aliphatic heterocycles. The Hall–Kier alpha value is -2.27. The number of esters is 1. The number of hydrogen-bond donors (Lipinski definition) is 1. The fourth-order valence-electron chi connectivity index (χ4n) is 1.80. The fourth-order valence-corrected chi connectivity index (χ4v) is 1.80. The van der Waals surface area contributed by atoms with E-state index in [1.165, 1.54) is 7.11 Å². The fraction of sp³-hybridized carbons (Fsp3) is 0.267. The second-order valence-corrected chi connectivity index (χ2v) is 4.18. The van der Waals surface area contributed by atoms with E-state index in [0.717, 1.165) is 17.9 Å². The molecule has 5 nitrogen and oxygen atoms in total. The molecule has 0 unspecified atom stereocenters. The Morgan fingerprint density at radius 3 is 2.80 bits per heavy atom. The highest BCUT2D eigenvalue weighted by Crippen LogP contribution is 2.20. The van der Waals surface area contributed by atoms with Crippen molar-refractivity contribution in [2.24, 2.45) is 0 Å². The molecular formula is C15H17NO4. The van der Waals surface area contributed by atoms with Crippen molar-refractivity contribution in [2.75, 3.05) is 14.2 Å². The summed E-state index contributed by atoms with van der Waals surface area (Å²) in [7, 11) is 3.20. The average Bonchev–Trinajstić information content (AvgIpc) is 2.95. The van der Waals surface area contributed by atoms with Crippen LogP contribution < -0.4 is 10.1 Å². The summed E-state index contributed by atoms with van der Waals surface area (Å²) in [5.74, 6) is 1.05. The van der Waals surface area contributed by atoms with Gasteiger partial charge < -0.3 is 19.2 Å². The van der Waals surface area contributed by atoms with Crippen LogP contribution in [-0.2, 0) is 17.9 Å². The van der Waals surface area contributed by atoms with Gasteiger partial charge in [-0.15, -0.1) is 0 Å². The zero-order chi connectivity index (χ0) is 14.4. The molecule has 0 bridgehead atoms. The first-order valence-electron chi connectivity index (χ1n) is 6.27. The number of carbonyl (C=O) groups excluding carboxylic acids is 1. The number of carbonyl (C=O) groups is 1. The Kier molecular flexibility index (Phi) is 4.79. The maximum Gasteiger partial charge on any atom is 0.373 e. The predicted molar refractivity (Wildman–Crippen MR) is 73.6 cm³/mol. The van der Waals surface area contributed by atoms with Crippen molar-refractivity contribution in [2.45, 2.75) is 13.2 Å². The van der Waals surface area contributed by atoms with Crippen LogP contribution in [0, 0.1) is 0 Å². The van der Waals surface area contributed by atoms with E-state index in [4.69, 9.17) is 9.15 Å². The van der Waals surface area contributed by atoms with Gasteiger partial charge in [0.2, 0.25) is 5.76 Å². The van der Waals surface area contributed by atoms with Crippen LogP contribution in [-0.4, -0.2) is 20.1 Å². The summed E-state index contributed by atoms with van der Waals surface area (Å²) in [5, 5.41) is 3.08. The third-order valence-corrected chi connectivity index (χ3v) is 2.76. The molecule has 0 saturated heterocycles. The lowest BCUT2D eigenvalue weighted by Gasteiger charge is -2.09. The van der Waals surface area contributed by atoms with Gasteiger partial charge in [0.1, 0.15) is 18.1 Å². The molecule has 0 atom stereocenters. The molecule has 20 heavy (non-hydrogen) atoms. The van der Waals surface area contributed by atoms with Gasteiger partial charge in [-0.3, -0.25) is 0 Å². The number of ether oxygens (including phenoxy) is 2. The quantitative estimate of drug-likeness (QED) is 0.820. The van der Waals surface area contributed by atoms with Gasteiger partial charge in [0.15, 0.2) is 0 Å². The highest BCUT2D eigenvalue weighted by molar-refractivity contribution is 5.86. The molecule has 0 aliphatic carbocycles. The van der Waals surface area contributed by atoms with E-state index in [2.05, 4.69) is 10.1 Å².